The molecule has 0 N–H and O–H groups in total. The van der Waals surface area contributed by atoms with Crippen LogP contribution in [0.4, 0.5) is 0 Å². The summed E-state index contributed by atoms with van der Waals surface area (Å²) < 4.78 is 10.1. The fourth-order valence-corrected chi connectivity index (χ4v) is 2.70. The van der Waals surface area contributed by atoms with Crippen molar-refractivity contribution in [1.82, 2.24) is 9.80 Å². The molecule has 0 aromatic heterocycles. The Hall–Kier alpha value is -1.14. The second-order valence-electron chi connectivity index (χ2n) is 5.85. The quantitative estimate of drug-likeness (QED) is 0.497. The smallest absolute Gasteiger partial charge is 0.309 e. The van der Waals surface area contributed by atoms with Crippen molar-refractivity contribution in [1.29, 1.82) is 0 Å². The highest BCUT2D eigenvalue weighted by Gasteiger charge is 2.30. The maximum Gasteiger partial charge on any atom is 0.309 e. The van der Waals surface area contributed by atoms with Crippen LogP contribution in [-0.2, 0) is 19.1 Å². The van der Waals surface area contributed by atoms with E-state index in [1.165, 1.54) is 0 Å². The van der Waals surface area contributed by atoms with Gasteiger partial charge in [-0.25, -0.2) is 0 Å². The van der Waals surface area contributed by atoms with Crippen molar-refractivity contribution in [2.75, 3.05) is 47.0 Å². The van der Waals surface area contributed by atoms with E-state index in [0.29, 0.717) is 39.1 Å². The van der Waals surface area contributed by atoms with Gasteiger partial charge in [0.05, 0.1) is 18.6 Å². The number of nitrogens with zero attached hydrogens (tertiary/aromatic N) is 2. The predicted molar refractivity (Wildman–Crippen MR) is 84.5 cm³/mol. The van der Waals surface area contributed by atoms with Gasteiger partial charge in [-0.05, 0) is 40.2 Å². The first-order chi connectivity index (χ1) is 10.5. The summed E-state index contributed by atoms with van der Waals surface area (Å²) in [6, 6.07) is -0.143. The highest BCUT2D eigenvalue weighted by atomic mass is 16.5. The van der Waals surface area contributed by atoms with Crippen molar-refractivity contribution in [3.05, 3.63) is 0 Å². The zero-order chi connectivity index (χ0) is 16.5. The Balaban J connectivity index is 2.39. The van der Waals surface area contributed by atoms with Crippen LogP contribution < -0.4 is 0 Å². The van der Waals surface area contributed by atoms with E-state index in [-0.39, 0.29) is 23.8 Å². The lowest BCUT2D eigenvalue weighted by Crippen LogP contribution is -2.49. The topological polar surface area (TPSA) is 59.1 Å². The molecule has 1 atom stereocenters. The fourth-order valence-electron chi connectivity index (χ4n) is 2.70. The number of hydrogen-bond donors (Lipinski definition) is 0. The largest absolute Gasteiger partial charge is 0.466 e. The molecule has 1 aliphatic heterocycles. The number of rotatable bonds is 8. The van der Waals surface area contributed by atoms with Gasteiger partial charge in [0.2, 0.25) is 5.91 Å². The number of carbonyl (C=O) groups is 2. The van der Waals surface area contributed by atoms with Crippen LogP contribution in [0.25, 0.3) is 0 Å². The molecule has 0 aromatic carbocycles. The summed E-state index contributed by atoms with van der Waals surface area (Å²) >= 11 is 0. The van der Waals surface area contributed by atoms with Gasteiger partial charge in [0.1, 0.15) is 0 Å². The van der Waals surface area contributed by atoms with Gasteiger partial charge in [-0.3, -0.25) is 14.5 Å². The highest BCUT2D eigenvalue weighted by molar-refractivity contribution is 5.82. The first kappa shape index (κ1) is 18.9. The van der Waals surface area contributed by atoms with Crippen LogP contribution in [0, 0.1) is 5.92 Å². The average Bonchev–Trinajstić information content (AvgIpc) is 2.54. The molecule has 1 fully saturated rings. The minimum absolute atomic E-state index is 0.0567. The lowest BCUT2D eigenvalue weighted by Gasteiger charge is -2.35. The summed E-state index contributed by atoms with van der Waals surface area (Å²) in [5, 5.41) is 0. The minimum atomic E-state index is -0.143. The molecule has 1 rings (SSSR count). The summed E-state index contributed by atoms with van der Waals surface area (Å²) in [6.07, 6.45) is 2.31. The van der Waals surface area contributed by atoms with Crippen molar-refractivity contribution < 1.29 is 19.1 Å². The van der Waals surface area contributed by atoms with E-state index in [9.17, 15) is 9.59 Å². The molecule has 1 heterocycles. The van der Waals surface area contributed by atoms with Gasteiger partial charge in [-0.2, -0.15) is 0 Å². The summed E-state index contributed by atoms with van der Waals surface area (Å²) in [4.78, 5) is 28.2. The number of carbonyl (C=O) groups excluding carboxylic acids is 2. The molecule has 0 aliphatic carbocycles. The van der Waals surface area contributed by atoms with Crippen LogP contribution in [-0.4, -0.2) is 74.7 Å². The van der Waals surface area contributed by atoms with Crippen molar-refractivity contribution in [2.45, 2.75) is 39.2 Å². The summed E-state index contributed by atoms with van der Waals surface area (Å²) in [5.74, 6) is -0.0414. The number of likely N-dealkylation sites (tertiary alicyclic amines) is 1. The molecule has 6 nitrogen and oxygen atoms in total. The van der Waals surface area contributed by atoms with Gasteiger partial charge < -0.3 is 14.4 Å². The SMILES string of the molecule is CCOC(=O)C1CCN(C(=O)C(C)N(C)CCCOC)CC1. The number of hydrogen-bond acceptors (Lipinski definition) is 5. The summed E-state index contributed by atoms with van der Waals surface area (Å²) in [5.41, 5.74) is 0. The number of piperidine rings is 1. The molecule has 1 amide bonds. The maximum atomic E-state index is 12.5. The third kappa shape index (κ3) is 5.57. The molecule has 1 saturated heterocycles. The monoisotopic (exact) mass is 314 g/mol. The lowest BCUT2D eigenvalue weighted by molar-refractivity contribution is -0.151. The highest BCUT2D eigenvalue weighted by Crippen LogP contribution is 2.20. The van der Waals surface area contributed by atoms with Crippen molar-refractivity contribution in [3.8, 4) is 0 Å². The van der Waals surface area contributed by atoms with E-state index in [4.69, 9.17) is 9.47 Å². The molecule has 0 spiro atoms. The van der Waals surface area contributed by atoms with E-state index < -0.39 is 0 Å². The van der Waals surface area contributed by atoms with Gasteiger partial charge in [0, 0.05) is 33.4 Å². The zero-order valence-corrected chi connectivity index (χ0v) is 14.3. The van der Waals surface area contributed by atoms with Crippen LogP contribution in [0.3, 0.4) is 0 Å². The van der Waals surface area contributed by atoms with Crippen LogP contribution in [0.5, 0.6) is 0 Å². The van der Waals surface area contributed by atoms with Gasteiger partial charge in [-0.15, -0.1) is 0 Å². The molecular weight excluding hydrogens is 284 g/mol. The van der Waals surface area contributed by atoms with Crippen LogP contribution in [0.1, 0.15) is 33.1 Å². The van der Waals surface area contributed by atoms with Crippen LogP contribution in [0.2, 0.25) is 0 Å². The van der Waals surface area contributed by atoms with E-state index in [0.717, 1.165) is 13.0 Å². The minimum Gasteiger partial charge on any atom is -0.466 e. The van der Waals surface area contributed by atoms with Crippen molar-refractivity contribution in [2.24, 2.45) is 5.92 Å². The van der Waals surface area contributed by atoms with Crippen LogP contribution in [0.15, 0.2) is 0 Å². The Bertz CT molecular complexity index is 354. The Labute approximate surface area is 133 Å². The van der Waals surface area contributed by atoms with Gasteiger partial charge in [-0.1, -0.05) is 0 Å². The standard InChI is InChI=1S/C16H30N2O4/c1-5-22-16(20)14-7-10-18(11-8-14)15(19)13(2)17(3)9-6-12-21-4/h13-14H,5-12H2,1-4H3. The van der Waals surface area contributed by atoms with Gasteiger partial charge in [0.25, 0.3) is 0 Å². The number of likely N-dealkylation sites (N-methyl/N-ethyl adjacent to an activating group) is 1. The van der Waals surface area contributed by atoms with E-state index in [2.05, 4.69) is 4.90 Å². The summed E-state index contributed by atoms with van der Waals surface area (Å²) in [6.45, 7) is 6.98. The number of amides is 1. The number of ether oxygens (including phenoxy) is 2. The predicted octanol–water partition coefficient (Wildman–Crippen LogP) is 1.14. The third-order valence-electron chi connectivity index (χ3n) is 4.30. The number of esters is 1. The third-order valence-corrected chi connectivity index (χ3v) is 4.30. The normalized spacial score (nSPS) is 17.6. The van der Waals surface area contributed by atoms with Crippen LogP contribution >= 0.6 is 0 Å². The maximum absolute atomic E-state index is 12.5. The van der Waals surface area contributed by atoms with Gasteiger partial charge >= 0.3 is 5.97 Å². The first-order valence-corrected chi connectivity index (χ1v) is 8.15. The molecule has 6 heteroatoms. The second-order valence-corrected chi connectivity index (χ2v) is 5.85. The molecule has 1 aliphatic rings. The lowest BCUT2D eigenvalue weighted by atomic mass is 9.96. The first-order valence-electron chi connectivity index (χ1n) is 8.15. The molecule has 22 heavy (non-hydrogen) atoms. The molecule has 1 unspecified atom stereocenters. The molecular formula is C16H30N2O4. The van der Waals surface area contributed by atoms with Crippen molar-refractivity contribution in [3.63, 3.8) is 0 Å². The second kappa shape index (κ2) is 9.79. The van der Waals surface area contributed by atoms with E-state index in [1.807, 2.05) is 25.8 Å². The Morgan fingerprint density at radius 1 is 1.32 bits per heavy atom. The fraction of sp³-hybridized carbons (Fsp3) is 0.875. The Kier molecular flexibility index (Phi) is 8.42. The number of methoxy groups -OCH3 is 1. The van der Waals surface area contributed by atoms with E-state index >= 15 is 0 Å². The van der Waals surface area contributed by atoms with E-state index in [1.54, 1.807) is 7.11 Å². The van der Waals surface area contributed by atoms with Gasteiger partial charge in [0.15, 0.2) is 0 Å². The molecule has 0 bridgehead atoms. The Morgan fingerprint density at radius 3 is 2.50 bits per heavy atom. The molecule has 0 aromatic rings. The summed E-state index contributed by atoms with van der Waals surface area (Å²) in [7, 11) is 3.64. The average molecular weight is 314 g/mol. The molecule has 0 saturated carbocycles. The molecule has 0 radical (unpaired) electrons. The molecule has 128 valence electrons. The Morgan fingerprint density at radius 2 is 1.95 bits per heavy atom. The van der Waals surface area contributed by atoms with Crippen molar-refractivity contribution >= 4 is 11.9 Å². The zero-order valence-electron chi connectivity index (χ0n) is 14.3.